The third kappa shape index (κ3) is 4.36. The molecule has 0 aromatic rings. The molecule has 0 aliphatic heterocycles. The van der Waals surface area contributed by atoms with E-state index >= 15 is 0 Å². The van der Waals surface area contributed by atoms with Crippen molar-refractivity contribution in [2.45, 2.75) is 58.0 Å². The van der Waals surface area contributed by atoms with Crippen molar-refractivity contribution in [3.63, 3.8) is 0 Å². The van der Waals surface area contributed by atoms with Crippen LogP contribution in [0.2, 0.25) is 0 Å². The van der Waals surface area contributed by atoms with Crippen molar-refractivity contribution in [3.8, 4) is 0 Å². The molecule has 17 heavy (non-hydrogen) atoms. The van der Waals surface area contributed by atoms with Gasteiger partial charge in [0, 0.05) is 11.6 Å². The van der Waals surface area contributed by atoms with Crippen molar-refractivity contribution in [1.82, 2.24) is 4.90 Å². The Hall–Kier alpha value is -0.480. The van der Waals surface area contributed by atoms with Gasteiger partial charge in [0.2, 0.25) is 0 Å². The van der Waals surface area contributed by atoms with Gasteiger partial charge in [-0.1, -0.05) is 0 Å². The van der Waals surface area contributed by atoms with Gasteiger partial charge in [-0.25, -0.2) is 4.79 Å². The van der Waals surface area contributed by atoms with Gasteiger partial charge in [-0.2, -0.15) is 0 Å². The predicted molar refractivity (Wildman–Crippen MR) is 71.7 cm³/mol. The number of hydrogen-bond acceptors (Lipinski definition) is 2. The normalized spacial score (nSPS) is 24.9. The molecular weight excluding hydrogens is 240 g/mol. The number of rotatable bonds is 2. The lowest BCUT2D eigenvalue weighted by atomic mass is 9.84. The highest BCUT2D eigenvalue weighted by Crippen LogP contribution is 2.30. The fourth-order valence-electron chi connectivity index (χ4n) is 2.63. The lowest BCUT2D eigenvalue weighted by Crippen LogP contribution is -2.52. The molecule has 1 aliphatic carbocycles. The smallest absolute Gasteiger partial charge is 0.407 e. The van der Waals surface area contributed by atoms with Crippen LogP contribution in [0.4, 0.5) is 4.79 Å². The molecule has 0 spiro atoms. The summed E-state index contributed by atoms with van der Waals surface area (Å²) in [6.07, 6.45) is 3.21. The topological polar surface area (TPSA) is 66.6 Å². The highest BCUT2D eigenvalue weighted by atomic mass is 35.5. The van der Waals surface area contributed by atoms with E-state index in [1.165, 1.54) is 0 Å². The van der Waals surface area contributed by atoms with Crippen molar-refractivity contribution in [1.29, 1.82) is 0 Å². The van der Waals surface area contributed by atoms with Gasteiger partial charge in [0.1, 0.15) is 0 Å². The molecule has 0 atom stereocenters. The van der Waals surface area contributed by atoms with Gasteiger partial charge in [0.05, 0.1) is 0 Å². The average Bonchev–Trinajstić information content (AvgIpc) is 2.16. The van der Waals surface area contributed by atoms with Crippen LogP contribution in [0.5, 0.6) is 0 Å². The number of carboxylic acid groups (broad SMARTS) is 1. The van der Waals surface area contributed by atoms with Gasteiger partial charge in [0.25, 0.3) is 0 Å². The van der Waals surface area contributed by atoms with E-state index in [1.807, 2.05) is 20.8 Å². The van der Waals surface area contributed by atoms with E-state index in [4.69, 9.17) is 5.73 Å². The molecule has 0 heterocycles. The Balaban J connectivity index is 0.00000256. The highest BCUT2D eigenvalue weighted by Gasteiger charge is 2.35. The quantitative estimate of drug-likeness (QED) is 0.806. The van der Waals surface area contributed by atoms with Crippen LogP contribution in [-0.2, 0) is 0 Å². The van der Waals surface area contributed by atoms with Crippen molar-refractivity contribution < 1.29 is 9.90 Å². The van der Waals surface area contributed by atoms with Crippen molar-refractivity contribution in [2.75, 3.05) is 6.54 Å². The Kier molecular flexibility index (Phi) is 6.27. The van der Waals surface area contributed by atoms with Crippen molar-refractivity contribution >= 4 is 18.5 Å². The van der Waals surface area contributed by atoms with Crippen LogP contribution in [0, 0.1) is 5.92 Å². The first-order valence-electron chi connectivity index (χ1n) is 6.08. The summed E-state index contributed by atoms with van der Waals surface area (Å²) in [7, 11) is 0. The molecule has 3 N–H and O–H groups in total. The van der Waals surface area contributed by atoms with E-state index in [0.29, 0.717) is 5.92 Å². The number of amides is 1. The summed E-state index contributed by atoms with van der Waals surface area (Å²) in [6, 6.07) is 0.167. The fraction of sp³-hybridized carbons (Fsp3) is 0.917. The molecule has 0 bridgehead atoms. The van der Waals surface area contributed by atoms with E-state index < -0.39 is 6.09 Å². The molecule has 0 saturated heterocycles. The predicted octanol–water partition coefficient (Wildman–Crippen LogP) is 2.70. The minimum Gasteiger partial charge on any atom is -0.465 e. The Morgan fingerprint density at radius 2 is 1.76 bits per heavy atom. The summed E-state index contributed by atoms with van der Waals surface area (Å²) >= 11 is 0. The standard InChI is InChI=1S/C12H24N2O2.ClH/c1-12(2,3)14(11(15)16)10-6-4-9(8-13)5-7-10;/h9-10H,4-8,13H2,1-3H3,(H,15,16);1H. The second kappa shape index (κ2) is 6.45. The number of carbonyl (C=O) groups is 1. The molecule has 1 rings (SSSR count). The van der Waals surface area contributed by atoms with E-state index in [9.17, 15) is 9.90 Å². The zero-order valence-corrected chi connectivity index (χ0v) is 11.8. The largest absolute Gasteiger partial charge is 0.465 e. The maximum Gasteiger partial charge on any atom is 0.407 e. The third-order valence-corrected chi connectivity index (χ3v) is 3.44. The van der Waals surface area contributed by atoms with Gasteiger partial charge >= 0.3 is 6.09 Å². The first kappa shape index (κ1) is 16.5. The van der Waals surface area contributed by atoms with E-state index in [1.54, 1.807) is 4.90 Å². The second-order valence-electron chi connectivity index (χ2n) is 5.73. The summed E-state index contributed by atoms with van der Waals surface area (Å²) in [5.41, 5.74) is 5.33. The van der Waals surface area contributed by atoms with Crippen LogP contribution in [0.25, 0.3) is 0 Å². The summed E-state index contributed by atoms with van der Waals surface area (Å²) < 4.78 is 0. The Morgan fingerprint density at radius 1 is 1.29 bits per heavy atom. The van der Waals surface area contributed by atoms with Crippen molar-refractivity contribution in [3.05, 3.63) is 0 Å². The van der Waals surface area contributed by atoms with E-state index in [0.717, 1.165) is 32.2 Å². The molecule has 1 fully saturated rings. The second-order valence-corrected chi connectivity index (χ2v) is 5.73. The maximum atomic E-state index is 11.3. The Bertz CT molecular complexity index is 245. The van der Waals surface area contributed by atoms with E-state index in [-0.39, 0.29) is 24.0 Å². The lowest BCUT2D eigenvalue weighted by Gasteiger charge is -2.42. The molecule has 1 saturated carbocycles. The lowest BCUT2D eigenvalue weighted by molar-refractivity contribution is 0.0510. The molecule has 0 radical (unpaired) electrons. The molecule has 102 valence electrons. The molecule has 0 aromatic carbocycles. The number of nitrogens with two attached hydrogens (primary N) is 1. The SMILES string of the molecule is CC(C)(C)N(C(=O)O)C1CCC(CN)CC1.Cl. The Labute approximate surface area is 110 Å². The maximum absolute atomic E-state index is 11.3. The summed E-state index contributed by atoms with van der Waals surface area (Å²) in [4.78, 5) is 12.9. The third-order valence-electron chi connectivity index (χ3n) is 3.44. The molecule has 1 aliphatic rings. The van der Waals surface area contributed by atoms with Gasteiger partial charge in [-0.05, 0) is 58.9 Å². The van der Waals surface area contributed by atoms with Gasteiger partial charge in [-0.15, -0.1) is 12.4 Å². The molecule has 1 amide bonds. The molecule has 5 heteroatoms. The minimum absolute atomic E-state index is 0. The van der Waals surface area contributed by atoms with Crippen LogP contribution in [-0.4, -0.2) is 34.2 Å². The molecular formula is C12H25ClN2O2. The zero-order valence-electron chi connectivity index (χ0n) is 11.0. The van der Waals surface area contributed by atoms with Crippen LogP contribution >= 0.6 is 12.4 Å². The fourth-order valence-corrected chi connectivity index (χ4v) is 2.63. The number of nitrogens with zero attached hydrogens (tertiary/aromatic N) is 1. The minimum atomic E-state index is -0.802. The first-order valence-corrected chi connectivity index (χ1v) is 6.08. The Morgan fingerprint density at radius 3 is 2.06 bits per heavy atom. The van der Waals surface area contributed by atoms with E-state index in [2.05, 4.69) is 0 Å². The van der Waals surface area contributed by atoms with Gasteiger partial charge in [-0.3, -0.25) is 0 Å². The molecule has 0 unspecified atom stereocenters. The van der Waals surface area contributed by atoms with Crippen LogP contribution in [0.15, 0.2) is 0 Å². The van der Waals surface area contributed by atoms with Crippen LogP contribution in [0.3, 0.4) is 0 Å². The number of halogens is 1. The average molecular weight is 265 g/mol. The highest BCUT2D eigenvalue weighted by molar-refractivity contribution is 5.85. The van der Waals surface area contributed by atoms with Crippen LogP contribution < -0.4 is 5.73 Å². The van der Waals surface area contributed by atoms with Gasteiger partial charge < -0.3 is 15.7 Å². The summed E-state index contributed by atoms with van der Waals surface area (Å²) in [6.45, 7) is 6.59. The van der Waals surface area contributed by atoms with Crippen molar-refractivity contribution in [2.24, 2.45) is 11.7 Å². The number of hydrogen-bond donors (Lipinski definition) is 2. The first-order chi connectivity index (χ1) is 7.36. The molecule has 0 aromatic heterocycles. The monoisotopic (exact) mass is 264 g/mol. The summed E-state index contributed by atoms with van der Waals surface area (Å²) in [5, 5.41) is 9.29. The van der Waals surface area contributed by atoms with Crippen LogP contribution in [0.1, 0.15) is 46.5 Å². The zero-order chi connectivity index (χ0) is 12.3. The van der Waals surface area contributed by atoms with Gasteiger partial charge in [0.15, 0.2) is 0 Å². The summed E-state index contributed by atoms with van der Waals surface area (Å²) in [5.74, 6) is 0.590. The molecule has 4 nitrogen and oxygen atoms in total.